The minimum absolute atomic E-state index is 0.0204. The first-order chi connectivity index (χ1) is 18.1. The summed E-state index contributed by atoms with van der Waals surface area (Å²) in [4.78, 5) is 19.1. The number of thioether (sulfide) groups is 2. The second-order valence-corrected chi connectivity index (χ2v) is 12.3. The number of aryl methyl sites for hydroxylation is 1. The van der Waals surface area contributed by atoms with Gasteiger partial charge in [0.1, 0.15) is 10.8 Å². The van der Waals surface area contributed by atoms with E-state index < -0.39 is 11.9 Å². The van der Waals surface area contributed by atoms with Gasteiger partial charge in [-0.3, -0.25) is 0 Å². The zero-order valence-electron chi connectivity index (χ0n) is 21.1. The minimum Gasteiger partial charge on any atom is -0.482 e. The molecule has 1 aromatic heterocycles. The van der Waals surface area contributed by atoms with Crippen molar-refractivity contribution < 1.29 is 23.4 Å². The van der Waals surface area contributed by atoms with Crippen LogP contribution in [0, 0.1) is 6.92 Å². The molecule has 198 valence electrons. The predicted octanol–water partition coefficient (Wildman–Crippen LogP) is 8.84. The monoisotopic (exact) mass is 571 g/mol. The number of benzene rings is 3. The van der Waals surface area contributed by atoms with Gasteiger partial charge in [0.15, 0.2) is 6.61 Å². The average molecular weight is 572 g/mol. The molecule has 1 heterocycles. The lowest BCUT2D eigenvalue weighted by atomic mass is 10.1. The Balaban J connectivity index is 1.58. The van der Waals surface area contributed by atoms with Gasteiger partial charge in [-0.2, -0.15) is 0 Å². The highest BCUT2D eigenvalue weighted by Gasteiger charge is 2.25. The van der Waals surface area contributed by atoms with E-state index >= 15 is 0 Å². The molecule has 0 unspecified atom stereocenters. The molecule has 0 saturated carbocycles. The van der Waals surface area contributed by atoms with Crippen LogP contribution in [-0.4, -0.2) is 22.7 Å². The molecular weight excluding hydrogens is 545 g/mol. The van der Waals surface area contributed by atoms with Crippen LogP contribution in [0.1, 0.15) is 40.8 Å². The molecule has 0 fully saturated rings. The number of carboxylic acid groups (broad SMARTS) is 1. The Labute approximate surface area is 233 Å². The summed E-state index contributed by atoms with van der Waals surface area (Å²) in [6.45, 7) is 4.53. The standard InChI is InChI=1S/C29H27F2NO3S3/c1-18-15-23(13-14-25(18)35-16-26(33)34)37-19(2)27-24(17-36-22-7-5-4-6-8-22)32-28(38-27)20-9-11-21(12-10-20)29(3,30)31/h4-15,19H,16-17H2,1-3H3,(H,33,34)/t19-/m1/s1. The molecule has 0 bridgehead atoms. The van der Waals surface area contributed by atoms with Crippen molar-refractivity contribution in [3.8, 4) is 16.3 Å². The number of hydrogen-bond acceptors (Lipinski definition) is 6. The van der Waals surface area contributed by atoms with Crippen molar-refractivity contribution in [2.24, 2.45) is 0 Å². The number of hydrogen-bond donors (Lipinski definition) is 1. The van der Waals surface area contributed by atoms with Gasteiger partial charge in [0.2, 0.25) is 0 Å². The highest BCUT2D eigenvalue weighted by Crippen LogP contribution is 2.44. The summed E-state index contributed by atoms with van der Waals surface area (Å²) >= 11 is 4.98. The molecule has 0 aliphatic carbocycles. The molecule has 1 atom stereocenters. The number of nitrogens with zero attached hydrogens (tertiary/aromatic N) is 1. The van der Waals surface area contributed by atoms with Crippen molar-refractivity contribution in [1.29, 1.82) is 0 Å². The number of alkyl halides is 2. The lowest BCUT2D eigenvalue weighted by Gasteiger charge is -2.13. The summed E-state index contributed by atoms with van der Waals surface area (Å²) in [7, 11) is 0. The zero-order chi connectivity index (χ0) is 27.3. The van der Waals surface area contributed by atoms with E-state index in [0.717, 1.165) is 43.4 Å². The number of thiazole rings is 1. The molecule has 4 rings (SSSR count). The fraction of sp³-hybridized carbons (Fsp3) is 0.241. The lowest BCUT2D eigenvalue weighted by molar-refractivity contribution is -0.139. The summed E-state index contributed by atoms with van der Waals surface area (Å²) in [5.74, 6) is -2.67. The summed E-state index contributed by atoms with van der Waals surface area (Å²) in [6.07, 6.45) is 0. The molecule has 0 aliphatic heterocycles. The Morgan fingerprint density at radius 1 is 1.08 bits per heavy atom. The van der Waals surface area contributed by atoms with Crippen LogP contribution in [0.15, 0.2) is 82.6 Å². The van der Waals surface area contributed by atoms with E-state index in [0.29, 0.717) is 11.5 Å². The van der Waals surface area contributed by atoms with Gasteiger partial charge in [-0.05, 0) is 49.7 Å². The quantitative estimate of drug-likeness (QED) is 0.182. The van der Waals surface area contributed by atoms with Crippen molar-refractivity contribution in [2.45, 2.75) is 47.5 Å². The van der Waals surface area contributed by atoms with Gasteiger partial charge in [0.25, 0.3) is 5.92 Å². The lowest BCUT2D eigenvalue weighted by Crippen LogP contribution is -2.10. The smallest absolute Gasteiger partial charge is 0.341 e. The van der Waals surface area contributed by atoms with Crippen LogP contribution in [0.4, 0.5) is 8.78 Å². The van der Waals surface area contributed by atoms with Gasteiger partial charge >= 0.3 is 5.97 Å². The van der Waals surface area contributed by atoms with Crippen molar-refractivity contribution in [3.05, 3.63) is 94.5 Å². The van der Waals surface area contributed by atoms with Gasteiger partial charge in [0, 0.05) is 43.7 Å². The van der Waals surface area contributed by atoms with Crippen molar-refractivity contribution >= 4 is 40.8 Å². The van der Waals surface area contributed by atoms with Crippen LogP contribution in [-0.2, 0) is 16.5 Å². The molecule has 4 aromatic rings. The van der Waals surface area contributed by atoms with Gasteiger partial charge in [0.05, 0.1) is 5.69 Å². The second kappa shape index (κ2) is 12.3. The Kier molecular flexibility index (Phi) is 9.12. The first-order valence-corrected chi connectivity index (χ1v) is 14.6. The summed E-state index contributed by atoms with van der Waals surface area (Å²) in [5.41, 5.74) is 2.63. The number of halogens is 2. The van der Waals surface area contributed by atoms with E-state index in [2.05, 4.69) is 19.1 Å². The highest BCUT2D eigenvalue weighted by atomic mass is 32.2. The van der Waals surface area contributed by atoms with Crippen molar-refractivity contribution in [2.75, 3.05) is 6.61 Å². The maximum Gasteiger partial charge on any atom is 0.341 e. The zero-order valence-corrected chi connectivity index (χ0v) is 23.6. The maximum atomic E-state index is 13.7. The van der Waals surface area contributed by atoms with Gasteiger partial charge < -0.3 is 9.84 Å². The Morgan fingerprint density at radius 2 is 1.79 bits per heavy atom. The number of rotatable bonds is 11. The van der Waals surface area contributed by atoms with Crippen LogP contribution in [0.25, 0.3) is 10.6 Å². The molecule has 0 saturated heterocycles. The topological polar surface area (TPSA) is 59.4 Å². The fourth-order valence-electron chi connectivity index (χ4n) is 3.74. The SMILES string of the molecule is Cc1cc(S[C@H](C)c2sc(-c3ccc(C(C)(F)F)cc3)nc2CSc2ccccc2)ccc1OCC(=O)O. The number of carboxylic acids is 1. The summed E-state index contributed by atoms with van der Waals surface area (Å²) < 4.78 is 32.8. The molecule has 0 aliphatic rings. The largest absolute Gasteiger partial charge is 0.482 e. The molecule has 3 aromatic carbocycles. The third-order valence-corrected chi connectivity index (χ3v) is 9.28. The molecule has 1 N–H and O–H groups in total. The maximum absolute atomic E-state index is 13.7. The van der Waals surface area contributed by atoms with Crippen molar-refractivity contribution in [3.63, 3.8) is 0 Å². The number of aromatic nitrogens is 1. The van der Waals surface area contributed by atoms with E-state index in [4.69, 9.17) is 14.8 Å². The number of ether oxygens (including phenoxy) is 1. The average Bonchev–Trinajstić information content (AvgIpc) is 3.31. The molecular formula is C29H27F2NO3S3. The first-order valence-electron chi connectivity index (χ1n) is 11.9. The van der Waals surface area contributed by atoms with Gasteiger partial charge in [-0.25, -0.2) is 18.6 Å². The van der Waals surface area contributed by atoms with Gasteiger partial charge in [-0.15, -0.1) is 34.9 Å². The van der Waals surface area contributed by atoms with E-state index in [9.17, 15) is 13.6 Å². The van der Waals surface area contributed by atoms with E-state index in [1.807, 2.05) is 37.3 Å². The van der Waals surface area contributed by atoms with Crippen molar-refractivity contribution in [1.82, 2.24) is 4.98 Å². The highest BCUT2D eigenvalue weighted by molar-refractivity contribution is 7.99. The van der Waals surface area contributed by atoms with Gasteiger partial charge in [-0.1, -0.05) is 42.5 Å². The van der Waals surface area contributed by atoms with E-state index in [-0.39, 0.29) is 17.4 Å². The fourth-order valence-corrected chi connectivity index (χ4v) is 7.05. The van der Waals surface area contributed by atoms with Crippen LogP contribution in [0.5, 0.6) is 5.75 Å². The Hall–Kier alpha value is -2.88. The molecule has 9 heteroatoms. The predicted molar refractivity (Wildman–Crippen MR) is 152 cm³/mol. The molecule has 0 radical (unpaired) electrons. The molecule has 0 amide bonds. The Bertz CT molecular complexity index is 1390. The summed E-state index contributed by atoms with van der Waals surface area (Å²) in [5, 5.41) is 9.75. The van der Waals surface area contributed by atoms with E-state index in [1.165, 1.54) is 12.1 Å². The molecule has 38 heavy (non-hydrogen) atoms. The van der Waals surface area contributed by atoms with Crippen LogP contribution < -0.4 is 4.74 Å². The minimum atomic E-state index is -2.89. The summed E-state index contributed by atoms with van der Waals surface area (Å²) in [6, 6.07) is 22.2. The second-order valence-electron chi connectivity index (χ2n) is 8.77. The van der Waals surface area contributed by atoms with Crippen LogP contribution >= 0.6 is 34.9 Å². The third-order valence-electron chi connectivity index (χ3n) is 5.66. The van der Waals surface area contributed by atoms with Crippen LogP contribution in [0.3, 0.4) is 0 Å². The Morgan fingerprint density at radius 3 is 2.42 bits per heavy atom. The number of carbonyl (C=O) groups is 1. The molecule has 4 nitrogen and oxygen atoms in total. The first kappa shape index (κ1) is 28.1. The van der Waals surface area contributed by atoms with E-state index in [1.54, 1.807) is 53.1 Å². The number of aliphatic carboxylic acids is 1. The third kappa shape index (κ3) is 7.36. The van der Waals surface area contributed by atoms with Crippen LogP contribution in [0.2, 0.25) is 0 Å². The normalized spacial score (nSPS) is 12.3. The molecule has 0 spiro atoms.